The Bertz CT molecular complexity index is 1410. The Kier molecular flexibility index (Phi) is 8.93. The minimum atomic E-state index is -0.307. The Morgan fingerprint density at radius 3 is 2.29 bits per heavy atom. The molecule has 9 heteroatoms. The van der Waals surface area contributed by atoms with Crippen LogP contribution in [-0.2, 0) is 4.79 Å². The first-order chi connectivity index (χ1) is 18.4. The Balaban J connectivity index is 1.46. The van der Waals surface area contributed by atoms with Gasteiger partial charge >= 0.3 is 0 Å². The molecule has 0 unspecified atom stereocenters. The van der Waals surface area contributed by atoms with E-state index >= 15 is 0 Å². The van der Waals surface area contributed by atoms with Crippen molar-refractivity contribution >= 4 is 29.6 Å². The second-order valence-electron chi connectivity index (χ2n) is 8.99. The number of benzene rings is 3. The molecule has 3 aromatic carbocycles. The van der Waals surface area contributed by atoms with Gasteiger partial charge in [0.25, 0.3) is 5.91 Å². The van der Waals surface area contributed by atoms with Crippen molar-refractivity contribution in [3.8, 4) is 22.8 Å². The third-order valence-electron chi connectivity index (χ3n) is 6.24. The number of hydrogen-bond donors (Lipinski definition) is 2. The van der Waals surface area contributed by atoms with Crippen molar-refractivity contribution in [1.82, 2.24) is 20.2 Å². The molecule has 4 rings (SSSR count). The number of nitrogens with one attached hydrogen (secondary N) is 2. The quantitative estimate of drug-likeness (QED) is 0.187. The molecule has 0 atom stereocenters. The average molecular weight is 529 g/mol. The number of carbonyl (C=O) groups is 1. The SMILES string of the molecule is CC[NH+](CC)c1ccc(/C=N/NC(=O)CSc2nnc(-c3ccc(C)cc3)n2-c2ccc(C)cc2)c([O-])c1. The zero-order chi connectivity index (χ0) is 27.1. The maximum atomic E-state index is 12.5. The molecule has 0 spiro atoms. The Hall–Kier alpha value is -3.95. The van der Waals surface area contributed by atoms with Crippen LogP contribution in [-0.4, -0.2) is 45.7 Å². The van der Waals surface area contributed by atoms with Crippen LogP contribution in [0.1, 0.15) is 30.5 Å². The van der Waals surface area contributed by atoms with E-state index in [0.29, 0.717) is 16.5 Å². The van der Waals surface area contributed by atoms with E-state index in [0.717, 1.165) is 41.2 Å². The molecule has 0 aliphatic rings. The van der Waals surface area contributed by atoms with E-state index in [1.165, 1.54) is 22.9 Å². The molecule has 0 saturated carbocycles. The van der Waals surface area contributed by atoms with Crippen LogP contribution in [0.25, 0.3) is 17.1 Å². The molecule has 0 aliphatic heterocycles. The smallest absolute Gasteiger partial charge is 0.250 e. The summed E-state index contributed by atoms with van der Waals surface area (Å²) in [6.07, 6.45) is 1.39. The van der Waals surface area contributed by atoms with Crippen LogP contribution in [0.5, 0.6) is 5.75 Å². The molecule has 1 aromatic heterocycles. The monoisotopic (exact) mass is 528 g/mol. The second-order valence-corrected chi connectivity index (χ2v) is 9.93. The molecule has 0 fully saturated rings. The summed E-state index contributed by atoms with van der Waals surface area (Å²) in [5, 5.41) is 25.9. The molecule has 0 radical (unpaired) electrons. The van der Waals surface area contributed by atoms with Crippen LogP contribution >= 0.6 is 11.8 Å². The van der Waals surface area contributed by atoms with E-state index in [4.69, 9.17) is 0 Å². The first-order valence-corrected chi connectivity index (χ1v) is 13.6. The highest BCUT2D eigenvalue weighted by Crippen LogP contribution is 2.28. The van der Waals surface area contributed by atoms with Crippen molar-refractivity contribution in [2.75, 3.05) is 18.8 Å². The topological polar surface area (TPSA) is 99.7 Å². The van der Waals surface area contributed by atoms with Crippen LogP contribution < -0.4 is 15.4 Å². The predicted octanol–water partition coefficient (Wildman–Crippen LogP) is 3.42. The highest BCUT2D eigenvalue weighted by Gasteiger charge is 2.17. The van der Waals surface area contributed by atoms with Crippen molar-refractivity contribution in [2.24, 2.45) is 5.10 Å². The molecule has 196 valence electrons. The van der Waals surface area contributed by atoms with Gasteiger partial charge in [-0.15, -0.1) is 10.2 Å². The lowest BCUT2D eigenvalue weighted by molar-refractivity contribution is -0.828. The number of quaternary nitrogens is 1. The highest BCUT2D eigenvalue weighted by atomic mass is 32.2. The summed E-state index contributed by atoms with van der Waals surface area (Å²) in [5.74, 6) is 0.360. The van der Waals surface area contributed by atoms with Gasteiger partial charge in [0, 0.05) is 11.3 Å². The van der Waals surface area contributed by atoms with Crippen LogP contribution in [0.3, 0.4) is 0 Å². The van der Waals surface area contributed by atoms with Gasteiger partial charge in [-0.2, -0.15) is 5.10 Å². The van der Waals surface area contributed by atoms with E-state index in [-0.39, 0.29) is 17.4 Å². The number of thioether (sulfide) groups is 1. The zero-order valence-corrected chi connectivity index (χ0v) is 22.9. The standard InChI is InChI=1S/C29H32N6O2S/c1-5-34(6-2)25-16-13-23(26(36)17-25)18-30-31-27(37)19-38-29-33-32-28(22-11-7-20(3)8-12-22)35(29)24-14-9-21(4)10-15-24/h7-18,36H,5-6,19H2,1-4H3,(H,31,37)/b30-18+. The number of nitrogens with zero attached hydrogens (tertiary/aromatic N) is 4. The van der Waals surface area contributed by atoms with Crippen LogP contribution in [0.15, 0.2) is 77.0 Å². The van der Waals surface area contributed by atoms with Gasteiger partial charge in [-0.1, -0.05) is 65.0 Å². The summed E-state index contributed by atoms with van der Waals surface area (Å²) in [5.41, 5.74) is 8.05. The number of rotatable bonds is 10. The van der Waals surface area contributed by atoms with E-state index in [9.17, 15) is 9.90 Å². The molecule has 4 aromatic rings. The van der Waals surface area contributed by atoms with Crippen LogP contribution in [0.4, 0.5) is 5.69 Å². The summed E-state index contributed by atoms with van der Waals surface area (Å²) < 4.78 is 1.95. The third kappa shape index (κ3) is 6.48. The molecular weight excluding hydrogens is 496 g/mol. The summed E-state index contributed by atoms with van der Waals surface area (Å²) in [7, 11) is 0. The van der Waals surface area contributed by atoms with Gasteiger partial charge in [0.1, 0.15) is 5.69 Å². The van der Waals surface area contributed by atoms with E-state index in [1.807, 2.05) is 73.0 Å². The van der Waals surface area contributed by atoms with E-state index in [2.05, 4.69) is 34.6 Å². The zero-order valence-electron chi connectivity index (χ0n) is 22.1. The highest BCUT2D eigenvalue weighted by molar-refractivity contribution is 7.99. The maximum absolute atomic E-state index is 12.5. The van der Waals surface area contributed by atoms with E-state index < -0.39 is 0 Å². The lowest BCUT2D eigenvalue weighted by Crippen LogP contribution is -3.06. The number of carbonyl (C=O) groups excluding carboxylic acids is 1. The van der Waals surface area contributed by atoms with E-state index in [1.54, 1.807) is 12.1 Å². The van der Waals surface area contributed by atoms with Crippen molar-refractivity contribution in [3.63, 3.8) is 0 Å². The van der Waals surface area contributed by atoms with Gasteiger partial charge in [0.2, 0.25) is 0 Å². The number of hydrazone groups is 1. The maximum Gasteiger partial charge on any atom is 0.250 e. The number of amides is 1. The number of aromatic nitrogens is 3. The van der Waals surface area contributed by atoms with Crippen LogP contribution in [0, 0.1) is 13.8 Å². The molecule has 38 heavy (non-hydrogen) atoms. The fourth-order valence-electron chi connectivity index (χ4n) is 4.03. The summed E-state index contributed by atoms with van der Waals surface area (Å²) in [4.78, 5) is 13.8. The fraction of sp³-hybridized carbons (Fsp3) is 0.241. The lowest BCUT2D eigenvalue weighted by atomic mass is 10.1. The van der Waals surface area contributed by atoms with Crippen molar-refractivity contribution in [2.45, 2.75) is 32.9 Å². The summed E-state index contributed by atoms with van der Waals surface area (Å²) in [6.45, 7) is 10.0. The Morgan fingerprint density at radius 1 is 1.00 bits per heavy atom. The first kappa shape index (κ1) is 27.1. The minimum Gasteiger partial charge on any atom is -0.872 e. The first-order valence-electron chi connectivity index (χ1n) is 12.6. The molecular formula is C29H32N6O2S. The summed E-state index contributed by atoms with van der Waals surface area (Å²) in [6, 6.07) is 21.5. The van der Waals surface area contributed by atoms with Gasteiger partial charge in [-0.05, 0) is 63.6 Å². The molecule has 0 aliphatic carbocycles. The van der Waals surface area contributed by atoms with Gasteiger partial charge in [0.15, 0.2) is 11.0 Å². The molecule has 2 N–H and O–H groups in total. The Labute approximate surface area is 227 Å². The fourth-order valence-corrected chi connectivity index (χ4v) is 4.78. The third-order valence-corrected chi connectivity index (χ3v) is 7.16. The summed E-state index contributed by atoms with van der Waals surface area (Å²) >= 11 is 1.27. The molecule has 0 bridgehead atoms. The normalized spacial score (nSPS) is 11.4. The number of hydrogen-bond acceptors (Lipinski definition) is 6. The second kappa shape index (κ2) is 12.5. The lowest BCUT2D eigenvalue weighted by Gasteiger charge is -2.18. The molecule has 1 heterocycles. The largest absolute Gasteiger partial charge is 0.872 e. The molecule has 8 nitrogen and oxygen atoms in total. The molecule has 0 saturated heterocycles. The van der Waals surface area contributed by atoms with Crippen LogP contribution in [0.2, 0.25) is 0 Å². The van der Waals surface area contributed by atoms with Gasteiger partial charge in [-0.25, -0.2) is 5.43 Å². The Morgan fingerprint density at radius 2 is 1.66 bits per heavy atom. The number of aryl methyl sites for hydroxylation is 2. The van der Waals surface area contributed by atoms with Crippen molar-refractivity contribution in [1.29, 1.82) is 0 Å². The van der Waals surface area contributed by atoms with Gasteiger partial charge in [0.05, 0.1) is 25.1 Å². The van der Waals surface area contributed by atoms with Gasteiger partial charge < -0.3 is 10.0 Å². The van der Waals surface area contributed by atoms with Crippen molar-refractivity contribution < 1.29 is 14.8 Å². The average Bonchev–Trinajstić information content (AvgIpc) is 3.34. The predicted molar refractivity (Wildman–Crippen MR) is 150 cm³/mol. The van der Waals surface area contributed by atoms with Crippen molar-refractivity contribution in [3.05, 3.63) is 83.4 Å². The molecule has 1 amide bonds. The minimum absolute atomic E-state index is 0.0870. The van der Waals surface area contributed by atoms with Gasteiger partial charge in [-0.3, -0.25) is 9.36 Å².